The fourth-order valence-corrected chi connectivity index (χ4v) is 3.36. The first-order valence-corrected chi connectivity index (χ1v) is 8.66. The number of hydrazine groups is 1. The second kappa shape index (κ2) is 7.68. The first-order valence-electron chi connectivity index (χ1n) is 7.40. The van der Waals surface area contributed by atoms with Crippen LogP contribution in [0.15, 0.2) is 17.5 Å². The Morgan fingerprint density at radius 3 is 2.67 bits per heavy atom. The Morgan fingerprint density at radius 1 is 1.33 bits per heavy atom. The molecule has 0 aliphatic carbocycles. The van der Waals surface area contributed by atoms with Crippen LogP contribution in [-0.4, -0.2) is 23.7 Å². The predicted molar refractivity (Wildman–Crippen MR) is 94.1 cm³/mol. The van der Waals surface area contributed by atoms with Gasteiger partial charge >= 0.3 is 6.09 Å². The highest BCUT2D eigenvalue weighted by Gasteiger charge is 2.24. The van der Waals surface area contributed by atoms with Gasteiger partial charge in [-0.2, -0.15) is 0 Å². The third kappa shape index (κ3) is 4.04. The van der Waals surface area contributed by atoms with Crippen molar-refractivity contribution in [3.63, 3.8) is 0 Å². The smallest absolute Gasteiger partial charge is 0.426 e. The molecule has 2 heterocycles. The molecular weight excluding hydrogens is 402 g/mol. The number of ether oxygens (including phenoxy) is 3. The third-order valence-electron chi connectivity index (χ3n) is 3.51. The molecule has 0 bridgehead atoms. The van der Waals surface area contributed by atoms with Crippen molar-refractivity contribution >= 4 is 40.6 Å². The summed E-state index contributed by atoms with van der Waals surface area (Å²) in [6.45, 7) is 1.29. The predicted octanol–water partition coefficient (Wildman–Crippen LogP) is 2.92. The molecule has 0 unspecified atom stereocenters. The van der Waals surface area contributed by atoms with E-state index < -0.39 is 23.5 Å². The molecule has 0 saturated carbocycles. The minimum Gasteiger partial charge on any atom is -0.454 e. The molecule has 2 N–H and O–H groups in total. The standard InChI is InChI=1S/C15H12ClN3O7S/c1-7-5-27-13(12(7)16)14(20)17-18-15(21)24-4-8-2-10-11(26-6-25-10)3-9(8)19(22)23/h2-3,5H,4,6H2,1H3,(H,17,20)(H,18,21). The van der Waals surface area contributed by atoms with E-state index in [1.54, 1.807) is 12.3 Å². The summed E-state index contributed by atoms with van der Waals surface area (Å²) < 4.78 is 15.1. The summed E-state index contributed by atoms with van der Waals surface area (Å²) in [5.41, 5.74) is 4.78. The lowest BCUT2D eigenvalue weighted by Gasteiger charge is -2.09. The van der Waals surface area contributed by atoms with Gasteiger partial charge in [-0.15, -0.1) is 11.3 Å². The molecule has 12 heteroatoms. The van der Waals surface area contributed by atoms with Crippen LogP contribution in [0, 0.1) is 17.0 Å². The number of fused-ring (bicyclic) bond motifs is 1. The van der Waals surface area contributed by atoms with Gasteiger partial charge in [-0.05, 0) is 23.9 Å². The summed E-state index contributed by atoms with van der Waals surface area (Å²) in [5, 5.41) is 13.2. The van der Waals surface area contributed by atoms with Gasteiger partial charge < -0.3 is 14.2 Å². The van der Waals surface area contributed by atoms with E-state index in [1.165, 1.54) is 12.1 Å². The van der Waals surface area contributed by atoms with Gasteiger partial charge in [-0.3, -0.25) is 20.3 Å². The van der Waals surface area contributed by atoms with Crippen molar-refractivity contribution < 1.29 is 28.7 Å². The molecule has 0 fully saturated rings. The highest BCUT2D eigenvalue weighted by atomic mass is 35.5. The number of carbonyl (C=O) groups excluding carboxylic acids is 2. The maximum absolute atomic E-state index is 12.0. The average Bonchev–Trinajstić information content (AvgIpc) is 3.23. The number of nitro benzene ring substituents is 1. The van der Waals surface area contributed by atoms with Gasteiger partial charge in [0, 0.05) is 0 Å². The summed E-state index contributed by atoms with van der Waals surface area (Å²) >= 11 is 7.10. The number of hydrogen-bond donors (Lipinski definition) is 2. The normalized spacial score (nSPS) is 11.8. The van der Waals surface area contributed by atoms with E-state index in [0.29, 0.717) is 10.8 Å². The molecule has 1 aromatic heterocycles. The molecule has 2 amide bonds. The third-order valence-corrected chi connectivity index (χ3v) is 5.21. The number of thiophene rings is 1. The molecule has 0 saturated heterocycles. The molecule has 0 spiro atoms. The summed E-state index contributed by atoms with van der Waals surface area (Å²) in [6.07, 6.45) is -1.00. The van der Waals surface area contributed by atoms with Crippen molar-refractivity contribution in [1.29, 1.82) is 0 Å². The molecular formula is C15H12ClN3O7S. The van der Waals surface area contributed by atoms with Gasteiger partial charge in [0.25, 0.3) is 11.6 Å². The number of rotatable bonds is 4. The van der Waals surface area contributed by atoms with E-state index in [9.17, 15) is 19.7 Å². The van der Waals surface area contributed by atoms with Crippen LogP contribution >= 0.6 is 22.9 Å². The lowest BCUT2D eigenvalue weighted by molar-refractivity contribution is -0.385. The zero-order valence-corrected chi connectivity index (χ0v) is 15.3. The van der Waals surface area contributed by atoms with Crippen LogP contribution < -0.4 is 20.3 Å². The largest absolute Gasteiger partial charge is 0.454 e. The van der Waals surface area contributed by atoms with Crippen molar-refractivity contribution in [2.75, 3.05) is 6.79 Å². The highest BCUT2D eigenvalue weighted by molar-refractivity contribution is 7.13. The monoisotopic (exact) mass is 413 g/mol. The van der Waals surface area contributed by atoms with Crippen molar-refractivity contribution in [3.8, 4) is 11.5 Å². The van der Waals surface area contributed by atoms with Gasteiger partial charge in [0.1, 0.15) is 11.5 Å². The van der Waals surface area contributed by atoms with Gasteiger partial charge in [-0.1, -0.05) is 11.6 Å². The summed E-state index contributed by atoms with van der Waals surface area (Å²) in [5.74, 6) is -0.0509. The lowest BCUT2D eigenvalue weighted by atomic mass is 10.1. The summed E-state index contributed by atoms with van der Waals surface area (Å²) in [4.78, 5) is 34.5. The van der Waals surface area contributed by atoms with Gasteiger partial charge in [-0.25, -0.2) is 10.2 Å². The highest BCUT2D eigenvalue weighted by Crippen LogP contribution is 2.38. The van der Waals surface area contributed by atoms with Gasteiger partial charge in [0.2, 0.25) is 6.79 Å². The molecule has 1 aliphatic rings. The lowest BCUT2D eigenvalue weighted by Crippen LogP contribution is -2.41. The number of nitro groups is 1. The van der Waals surface area contributed by atoms with E-state index in [0.717, 1.165) is 16.9 Å². The zero-order valence-electron chi connectivity index (χ0n) is 13.7. The molecule has 27 heavy (non-hydrogen) atoms. The number of hydrogen-bond acceptors (Lipinski definition) is 8. The van der Waals surface area contributed by atoms with Crippen molar-refractivity contribution in [3.05, 3.63) is 48.7 Å². The average molecular weight is 414 g/mol. The van der Waals surface area contributed by atoms with Crippen LogP contribution in [0.25, 0.3) is 0 Å². The number of nitrogens with one attached hydrogen (secondary N) is 2. The molecule has 3 rings (SSSR count). The van der Waals surface area contributed by atoms with Gasteiger partial charge in [0.15, 0.2) is 11.5 Å². The molecule has 0 atom stereocenters. The Labute approximate surface area is 161 Å². The Balaban J connectivity index is 1.59. The van der Waals surface area contributed by atoms with E-state index in [1.807, 2.05) is 0 Å². The Kier molecular flexibility index (Phi) is 5.33. The number of amides is 2. The molecule has 1 aliphatic heterocycles. The Hall–Kier alpha value is -3.05. The number of benzene rings is 1. The van der Waals surface area contributed by atoms with Crippen LogP contribution in [0.4, 0.5) is 10.5 Å². The van der Waals surface area contributed by atoms with E-state index >= 15 is 0 Å². The maximum atomic E-state index is 12.0. The number of carbonyl (C=O) groups is 2. The zero-order chi connectivity index (χ0) is 19.6. The summed E-state index contributed by atoms with van der Waals surface area (Å²) in [7, 11) is 0. The topological polar surface area (TPSA) is 129 Å². The minimum absolute atomic E-state index is 0.0475. The summed E-state index contributed by atoms with van der Waals surface area (Å²) in [6, 6.07) is 2.56. The minimum atomic E-state index is -1.00. The fourth-order valence-electron chi connectivity index (χ4n) is 2.19. The van der Waals surface area contributed by atoms with Gasteiger partial charge in [0.05, 0.1) is 21.6 Å². The molecule has 10 nitrogen and oxygen atoms in total. The van der Waals surface area contributed by atoms with Crippen LogP contribution in [0.1, 0.15) is 20.8 Å². The van der Waals surface area contributed by atoms with Crippen LogP contribution in [0.3, 0.4) is 0 Å². The van der Waals surface area contributed by atoms with Crippen LogP contribution in [0.5, 0.6) is 11.5 Å². The number of halogens is 1. The van der Waals surface area contributed by atoms with Crippen LogP contribution in [0.2, 0.25) is 5.02 Å². The van der Waals surface area contributed by atoms with Crippen molar-refractivity contribution in [2.45, 2.75) is 13.5 Å². The molecule has 0 radical (unpaired) electrons. The molecule has 142 valence electrons. The Bertz CT molecular complexity index is 930. The van der Waals surface area contributed by atoms with Crippen LogP contribution in [-0.2, 0) is 11.3 Å². The quantitative estimate of drug-likeness (QED) is 0.582. The van der Waals surface area contributed by atoms with Crippen molar-refractivity contribution in [2.24, 2.45) is 0 Å². The van der Waals surface area contributed by atoms with E-state index in [2.05, 4.69) is 10.9 Å². The first-order chi connectivity index (χ1) is 12.9. The SMILES string of the molecule is Cc1csc(C(=O)NNC(=O)OCc2cc3c(cc2[N+](=O)[O-])OCO3)c1Cl. The molecule has 1 aromatic carbocycles. The maximum Gasteiger partial charge on any atom is 0.426 e. The molecule has 2 aromatic rings. The van der Waals surface area contributed by atoms with E-state index in [4.69, 9.17) is 25.8 Å². The number of nitrogens with zero attached hydrogens (tertiary/aromatic N) is 1. The van der Waals surface area contributed by atoms with Crippen molar-refractivity contribution in [1.82, 2.24) is 10.9 Å². The first kappa shape index (κ1) is 18.7. The van der Waals surface area contributed by atoms with E-state index in [-0.39, 0.29) is 28.7 Å². The Morgan fingerprint density at radius 2 is 2.04 bits per heavy atom. The second-order valence-electron chi connectivity index (χ2n) is 5.31. The second-order valence-corrected chi connectivity index (χ2v) is 6.57. The fraction of sp³-hybridized carbons (Fsp3) is 0.200. The number of aryl methyl sites for hydroxylation is 1.